The quantitative estimate of drug-likeness (QED) is 0.564. The lowest BCUT2D eigenvalue weighted by molar-refractivity contribution is -0.140. The van der Waals surface area contributed by atoms with Crippen molar-refractivity contribution < 1.29 is 9.53 Å². The number of nitrogens with zero attached hydrogens (tertiary/aromatic N) is 1. The van der Waals surface area contributed by atoms with Gasteiger partial charge in [0, 0.05) is 18.5 Å². The summed E-state index contributed by atoms with van der Waals surface area (Å²) >= 11 is 1.57. The first kappa shape index (κ1) is 10.1. The Morgan fingerprint density at radius 2 is 2.62 bits per heavy atom. The van der Waals surface area contributed by atoms with E-state index >= 15 is 0 Å². The maximum absolute atomic E-state index is 10.7. The molecule has 0 unspecified atom stereocenters. The van der Waals surface area contributed by atoms with Crippen LogP contribution in [0, 0.1) is 0 Å². The van der Waals surface area contributed by atoms with Gasteiger partial charge in [0.25, 0.3) is 0 Å². The number of methoxy groups -OCH3 is 1. The molecule has 0 saturated carbocycles. The van der Waals surface area contributed by atoms with Gasteiger partial charge < -0.3 is 10.1 Å². The monoisotopic (exact) mass is 200 g/mol. The topological polar surface area (TPSA) is 51.2 Å². The van der Waals surface area contributed by atoms with Crippen LogP contribution in [0.3, 0.4) is 0 Å². The van der Waals surface area contributed by atoms with E-state index < -0.39 is 0 Å². The number of thiazole rings is 1. The van der Waals surface area contributed by atoms with Crippen LogP contribution in [0.5, 0.6) is 0 Å². The van der Waals surface area contributed by atoms with Gasteiger partial charge in [0.05, 0.1) is 24.7 Å². The highest BCUT2D eigenvalue weighted by Gasteiger charge is 1.99. The van der Waals surface area contributed by atoms with E-state index in [2.05, 4.69) is 15.0 Å². The van der Waals surface area contributed by atoms with Gasteiger partial charge in [0.1, 0.15) is 0 Å². The molecule has 0 radical (unpaired) electrons. The number of ether oxygens (including phenoxy) is 1. The van der Waals surface area contributed by atoms with E-state index in [9.17, 15) is 4.79 Å². The van der Waals surface area contributed by atoms with Crippen molar-refractivity contribution in [2.45, 2.75) is 13.0 Å². The van der Waals surface area contributed by atoms with Crippen LogP contribution in [-0.2, 0) is 16.1 Å². The molecule has 0 amide bonds. The molecule has 1 N–H and O–H groups in total. The number of hydrogen-bond acceptors (Lipinski definition) is 5. The molecule has 0 saturated heterocycles. The Bertz CT molecular complexity index is 249. The van der Waals surface area contributed by atoms with Crippen molar-refractivity contribution in [1.82, 2.24) is 10.3 Å². The Hall–Kier alpha value is -0.940. The molecule has 4 nitrogen and oxygen atoms in total. The smallest absolute Gasteiger partial charge is 0.306 e. The van der Waals surface area contributed by atoms with Gasteiger partial charge in [-0.1, -0.05) is 0 Å². The average molecular weight is 200 g/mol. The molecule has 0 fully saturated rings. The fourth-order valence-electron chi connectivity index (χ4n) is 0.834. The van der Waals surface area contributed by atoms with Crippen LogP contribution in [-0.4, -0.2) is 24.6 Å². The van der Waals surface area contributed by atoms with Crippen molar-refractivity contribution in [3.05, 3.63) is 16.6 Å². The van der Waals surface area contributed by atoms with Crippen LogP contribution in [0.25, 0.3) is 0 Å². The Labute approximate surface area is 80.9 Å². The number of esters is 1. The van der Waals surface area contributed by atoms with Crippen molar-refractivity contribution in [3.8, 4) is 0 Å². The van der Waals surface area contributed by atoms with E-state index in [1.807, 2.05) is 5.38 Å². The second kappa shape index (κ2) is 5.66. The summed E-state index contributed by atoms with van der Waals surface area (Å²) in [5, 5.41) is 5.07. The fourth-order valence-corrected chi connectivity index (χ4v) is 1.39. The number of aromatic nitrogens is 1. The zero-order valence-corrected chi connectivity index (χ0v) is 8.26. The lowest BCUT2D eigenvalue weighted by Crippen LogP contribution is -2.18. The molecular formula is C8H12N2O2S. The van der Waals surface area contributed by atoms with Gasteiger partial charge in [-0.05, 0) is 0 Å². The van der Waals surface area contributed by atoms with Crippen LogP contribution in [0.2, 0.25) is 0 Å². The van der Waals surface area contributed by atoms with Gasteiger partial charge in [0.15, 0.2) is 0 Å². The van der Waals surface area contributed by atoms with Crippen LogP contribution < -0.4 is 5.32 Å². The van der Waals surface area contributed by atoms with Gasteiger partial charge in [-0.3, -0.25) is 4.79 Å². The predicted molar refractivity (Wildman–Crippen MR) is 50.5 cm³/mol. The second-order valence-corrected chi connectivity index (χ2v) is 3.20. The summed E-state index contributed by atoms with van der Waals surface area (Å²) in [6.07, 6.45) is 0.403. The lowest BCUT2D eigenvalue weighted by Gasteiger charge is -2.00. The molecule has 0 bridgehead atoms. The molecule has 0 aliphatic heterocycles. The first-order chi connectivity index (χ1) is 6.33. The van der Waals surface area contributed by atoms with Gasteiger partial charge in [0.2, 0.25) is 0 Å². The van der Waals surface area contributed by atoms with Crippen molar-refractivity contribution in [1.29, 1.82) is 0 Å². The van der Waals surface area contributed by atoms with E-state index in [0.29, 0.717) is 19.5 Å². The molecule has 1 rings (SSSR count). The predicted octanol–water partition coefficient (Wildman–Crippen LogP) is 0.796. The first-order valence-electron chi connectivity index (χ1n) is 3.97. The third-order valence-electron chi connectivity index (χ3n) is 1.52. The summed E-state index contributed by atoms with van der Waals surface area (Å²) in [6.45, 7) is 1.34. The van der Waals surface area contributed by atoms with Crippen molar-refractivity contribution >= 4 is 17.3 Å². The van der Waals surface area contributed by atoms with Gasteiger partial charge in [-0.25, -0.2) is 4.98 Å². The summed E-state index contributed by atoms with van der Waals surface area (Å²) in [5.41, 5.74) is 2.80. The highest BCUT2D eigenvalue weighted by Crippen LogP contribution is 1.99. The number of hydrogen-bond donors (Lipinski definition) is 1. The second-order valence-electron chi connectivity index (χ2n) is 2.48. The Morgan fingerprint density at radius 3 is 3.23 bits per heavy atom. The SMILES string of the molecule is COC(=O)CCNCc1cscn1. The van der Waals surface area contributed by atoms with Crippen molar-refractivity contribution in [2.24, 2.45) is 0 Å². The van der Waals surface area contributed by atoms with E-state index in [-0.39, 0.29) is 5.97 Å². The van der Waals surface area contributed by atoms with Gasteiger partial charge >= 0.3 is 5.97 Å². The molecule has 13 heavy (non-hydrogen) atoms. The number of carbonyl (C=O) groups excluding carboxylic acids is 1. The normalized spacial score (nSPS) is 9.92. The van der Waals surface area contributed by atoms with E-state index in [1.54, 1.807) is 16.8 Å². The third kappa shape index (κ3) is 4.00. The zero-order chi connectivity index (χ0) is 9.52. The lowest BCUT2D eigenvalue weighted by atomic mass is 10.4. The van der Waals surface area contributed by atoms with Crippen molar-refractivity contribution in [3.63, 3.8) is 0 Å². The van der Waals surface area contributed by atoms with Gasteiger partial charge in [-0.15, -0.1) is 11.3 Å². The minimum Gasteiger partial charge on any atom is -0.469 e. The molecule has 0 atom stereocenters. The Balaban J connectivity index is 2.05. The van der Waals surface area contributed by atoms with Crippen LogP contribution in [0.15, 0.2) is 10.9 Å². The summed E-state index contributed by atoms with van der Waals surface area (Å²) in [4.78, 5) is 14.8. The Kier molecular flexibility index (Phi) is 4.42. The van der Waals surface area contributed by atoms with Crippen LogP contribution in [0.4, 0.5) is 0 Å². The fraction of sp³-hybridized carbons (Fsp3) is 0.500. The molecule has 72 valence electrons. The molecule has 0 aliphatic carbocycles. The third-order valence-corrected chi connectivity index (χ3v) is 2.16. The van der Waals surface area contributed by atoms with E-state index in [1.165, 1.54) is 7.11 Å². The zero-order valence-electron chi connectivity index (χ0n) is 7.45. The van der Waals surface area contributed by atoms with E-state index in [0.717, 1.165) is 5.69 Å². The number of nitrogens with one attached hydrogen (secondary N) is 1. The summed E-state index contributed by atoms with van der Waals surface area (Å²) in [6, 6.07) is 0. The highest BCUT2D eigenvalue weighted by atomic mass is 32.1. The standard InChI is InChI=1S/C8H12N2O2S/c1-12-8(11)2-3-9-4-7-5-13-6-10-7/h5-6,9H,2-4H2,1H3. The molecule has 5 heteroatoms. The van der Waals surface area contributed by atoms with Crippen LogP contribution >= 0.6 is 11.3 Å². The minimum atomic E-state index is -0.189. The maximum Gasteiger partial charge on any atom is 0.306 e. The highest BCUT2D eigenvalue weighted by molar-refractivity contribution is 7.07. The molecular weight excluding hydrogens is 188 g/mol. The first-order valence-corrected chi connectivity index (χ1v) is 4.92. The number of rotatable bonds is 5. The maximum atomic E-state index is 10.7. The molecule has 1 aromatic heterocycles. The molecule has 1 heterocycles. The summed E-state index contributed by atoms with van der Waals surface area (Å²) in [7, 11) is 1.39. The molecule has 0 aromatic carbocycles. The summed E-state index contributed by atoms with van der Waals surface area (Å²) < 4.78 is 4.49. The Morgan fingerprint density at radius 1 is 1.77 bits per heavy atom. The van der Waals surface area contributed by atoms with Gasteiger partial charge in [-0.2, -0.15) is 0 Å². The molecule has 1 aromatic rings. The van der Waals surface area contributed by atoms with E-state index in [4.69, 9.17) is 0 Å². The number of carbonyl (C=O) groups is 1. The van der Waals surface area contributed by atoms with Crippen molar-refractivity contribution in [2.75, 3.05) is 13.7 Å². The molecule has 0 aliphatic rings. The average Bonchev–Trinajstić information content (AvgIpc) is 2.64. The largest absolute Gasteiger partial charge is 0.469 e. The van der Waals surface area contributed by atoms with Crippen LogP contribution in [0.1, 0.15) is 12.1 Å². The minimum absolute atomic E-state index is 0.189. The molecule has 0 spiro atoms. The summed E-state index contributed by atoms with van der Waals surface area (Å²) in [5.74, 6) is -0.189.